The van der Waals surface area contributed by atoms with Gasteiger partial charge in [0.05, 0.1) is 33.0 Å². The second kappa shape index (κ2) is 22.0. The summed E-state index contributed by atoms with van der Waals surface area (Å²) < 4.78 is 51.7. The highest BCUT2D eigenvalue weighted by Crippen LogP contribution is 2.37. The molecule has 5 aliphatic rings. The molecule has 5 saturated heterocycles. The molecule has 5 heterocycles. The largest absolute Gasteiger partial charge is 0.394 e. The predicted molar refractivity (Wildman–Crippen MR) is 190 cm³/mol. The van der Waals surface area contributed by atoms with Gasteiger partial charge in [-0.15, -0.1) is 0 Å². The number of nitrogens with one attached hydrogen (secondary N) is 2. The second-order valence-corrected chi connectivity index (χ2v) is 15.4. The molecule has 5 aliphatic heterocycles. The Hall–Kier alpha value is -2.02. The first kappa shape index (κ1) is 51.0. The van der Waals surface area contributed by atoms with Gasteiger partial charge in [-0.2, -0.15) is 0 Å². The van der Waals surface area contributed by atoms with E-state index in [1.54, 1.807) is 0 Å². The summed E-state index contributed by atoms with van der Waals surface area (Å²) in [5, 5.41) is 163. The van der Waals surface area contributed by atoms with Gasteiger partial charge in [0.1, 0.15) is 122 Å². The Morgan fingerprint density at radius 1 is 0.387 bits per heavy atom. The molecule has 0 aromatic carbocycles. The average molecular weight is 911 g/mol. The fourth-order valence-corrected chi connectivity index (χ4v) is 7.83. The van der Waals surface area contributed by atoms with E-state index in [-0.39, 0.29) is 0 Å². The highest BCUT2D eigenvalue weighted by Gasteiger charge is 2.58. The normalized spacial score (nSPS) is 49.0. The van der Waals surface area contributed by atoms with Crippen LogP contribution < -0.4 is 10.6 Å². The highest BCUT2D eigenvalue weighted by atomic mass is 16.8. The summed E-state index contributed by atoms with van der Waals surface area (Å²) in [5.41, 5.74) is 0. The zero-order chi connectivity index (χ0) is 45.9. The number of carbonyl (C=O) groups excluding carboxylic acids is 2. The maximum Gasteiger partial charge on any atom is 0.217 e. The lowest BCUT2D eigenvalue weighted by atomic mass is 9.93. The minimum atomic E-state index is -2.22. The SMILES string of the molecule is CC(=O)N[C@H]1[C@H](O[C@@H]2[C@@H](O)[C@H](O[C@H]3[C@H](O)[C@@H](O)[C@H](O)O[C@@H]3CO)O[C@H](CO)[C@@H]2O[C@@H]2O[C@H](CO)[C@H](O)[C@H](O)[C@H]2NC(C)=O)O[C@H](CO)[C@@H](O[C@@H]2O[C@H](CO)[C@H](O)[C@H](O)[C@H]2O)[C@@H]1O. The molecule has 0 saturated carbocycles. The van der Waals surface area contributed by atoms with E-state index in [0.29, 0.717) is 0 Å². The number of rotatable bonds is 15. The molecule has 0 aliphatic carbocycles. The van der Waals surface area contributed by atoms with Crippen molar-refractivity contribution in [3.8, 4) is 0 Å². The first-order valence-electron chi connectivity index (χ1n) is 19.6. The Labute approximate surface area is 351 Å². The summed E-state index contributed by atoms with van der Waals surface area (Å²) in [7, 11) is 0. The fourth-order valence-electron chi connectivity index (χ4n) is 7.83. The maximum atomic E-state index is 12.6. The molecule has 28 heteroatoms. The van der Waals surface area contributed by atoms with E-state index in [2.05, 4.69) is 10.6 Å². The second-order valence-electron chi connectivity index (χ2n) is 15.4. The molecule has 62 heavy (non-hydrogen) atoms. The molecule has 28 nitrogen and oxygen atoms in total. The van der Waals surface area contributed by atoms with Crippen LogP contribution in [0.25, 0.3) is 0 Å². The van der Waals surface area contributed by atoms with Crippen molar-refractivity contribution >= 4 is 11.8 Å². The molecular formula is C34H58N2O26. The van der Waals surface area contributed by atoms with Gasteiger partial charge in [-0.05, 0) is 0 Å². The van der Waals surface area contributed by atoms with Gasteiger partial charge in [-0.1, -0.05) is 0 Å². The fraction of sp³-hybridized carbons (Fsp3) is 0.941. The number of aliphatic hydroxyl groups is 15. The number of amides is 2. The number of ether oxygens (including phenoxy) is 9. The van der Waals surface area contributed by atoms with Gasteiger partial charge in [-0.25, -0.2) is 0 Å². The van der Waals surface area contributed by atoms with E-state index < -0.39 is 198 Å². The first-order chi connectivity index (χ1) is 29.3. The molecule has 17 N–H and O–H groups in total. The Morgan fingerprint density at radius 3 is 1.27 bits per heavy atom. The van der Waals surface area contributed by atoms with Gasteiger partial charge in [-0.3, -0.25) is 9.59 Å². The van der Waals surface area contributed by atoms with Gasteiger partial charge in [0.2, 0.25) is 11.8 Å². The van der Waals surface area contributed by atoms with Gasteiger partial charge in [0, 0.05) is 13.8 Å². The van der Waals surface area contributed by atoms with Crippen LogP contribution in [0.5, 0.6) is 0 Å². The number of hydrogen-bond acceptors (Lipinski definition) is 26. The van der Waals surface area contributed by atoms with Crippen LogP contribution in [0, 0.1) is 0 Å². The highest BCUT2D eigenvalue weighted by molar-refractivity contribution is 5.73. The van der Waals surface area contributed by atoms with Gasteiger partial charge < -0.3 is 130 Å². The third-order valence-corrected chi connectivity index (χ3v) is 11.1. The van der Waals surface area contributed by atoms with Crippen LogP contribution >= 0.6 is 0 Å². The molecular weight excluding hydrogens is 852 g/mol. The number of aliphatic hydroxyl groups excluding tert-OH is 15. The monoisotopic (exact) mass is 910 g/mol. The maximum absolute atomic E-state index is 12.6. The van der Waals surface area contributed by atoms with E-state index >= 15 is 0 Å². The lowest BCUT2D eigenvalue weighted by Crippen LogP contribution is -2.71. The summed E-state index contributed by atoms with van der Waals surface area (Å²) in [4.78, 5) is 24.8. The standard InChI is InChI=1S/C34H58N2O26/c1-8(42)35-15-19(46)17(44)10(3-37)55-31(15)61-28-14(7-41)58-34(60-27-12(5-39)54-30(53)23(50)22(27)49)25(52)29(28)62-32-16(36-9(2)43)20(47)26(13(6-40)57-32)59-33-24(51)21(48)18(45)11(4-38)56-33/h10-34,37-41,44-53H,3-7H2,1-2H3,(H,35,42)(H,36,43)/t10-,11-,12-,13-,14-,15-,16-,17+,18+,19-,20-,21+,22-,23-,24-,25-,26-,27-,28+,29-,30-,31+,32+,33+,34+/m1/s1. The van der Waals surface area contributed by atoms with Crippen LogP contribution in [0.3, 0.4) is 0 Å². The minimum Gasteiger partial charge on any atom is -0.394 e. The minimum absolute atomic E-state index is 0.766. The molecule has 0 unspecified atom stereocenters. The smallest absolute Gasteiger partial charge is 0.217 e. The molecule has 25 atom stereocenters. The lowest BCUT2D eigenvalue weighted by molar-refractivity contribution is -0.394. The Bertz CT molecular complexity index is 1440. The van der Waals surface area contributed by atoms with E-state index in [1.807, 2.05) is 0 Å². The Morgan fingerprint density at radius 2 is 0.758 bits per heavy atom. The van der Waals surface area contributed by atoms with Crippen molar-refractivity contribution in [2.75, 3.05) is 33.0 Å². The molecule has 0 aromatic rings. The van der Waals surface area contributed by atoms with Crippen molar-refractivity contribution in [2.24, 2.45) is 0 Å². The molecule has 360 valence electrons. The first-order valence-corrected chi connectivity index (χ1v) is 19.6. The van der Waals surface area contributed by atoms with Crippen molar-refractivity contribution in [1.82, 2.24) is 10.6 Å². The van der Waals surface area contributed by atoms with Crippen molar-refractivity contribution in [3.05, 3.63) is 0 Å². The molecule has 5 fully saturated rings. The summed E-state index contributed by atoms with van der Waals surface area (Å²) >= 11 is 0. The lowest BCUT2D eigenvalue weighted by Gasteiger charge is -2.51. The van der Waals surface area contributed by atoms with Crippen molar-refractivity contribution in [3.63, 3.8) is 0 Å². The Balaban J connectivity index is 1.51. The van der Waals surface area contributed by atoms with Crippen molar-refractivity contribution < 1.29 is 129 Å². The average Bonchev–Trinajstić information content (AvgIpc) is 3.24. The molecule has 0 aromatic heterocycles. The number of carbonyl (C=O) groups is 2. The van der Waals surface area contributed by atoms with E-state index in [0.717, 1.165) is 13.8 Å². The molecule has 0 radical (unpaired) electrons. The van der Waals surface area contributed by atoms with E-state index in [9.17, 15) is 86.2 Å². The quantitative estimate of drug-likeness (QED) is 0.0725. The van der Waals surface area contributed by atoms with Crippen LogP contribution in [0.4, 0.5) is 0 Å². The summed E-state index contributed by atoms with van der Waals surface area (Å²) in [5.74, 6) is -1.61. The molecule has 2 amide bonds. The van der Waals surface area contributed by atoms with Gasteiger partial charge in [0.15, 0.2) is 31.5 Å². The summed E-state index contributed by atoms with van der Waals surface area (Å²) in [6.45, 7) is -2.68. The third kappa shape index (κ3) is 10.8. The molecule has 0 spiro atoms. The van der Waals surface area contributed by atoms with Crippen LogP contribution in [0.1, 0.15) is 13.8 Å². The van der Waals surface area contributed by atoms with Crippen molar-refractivity contribution in [1.29, 1.82) is 0 Å². The third-order valence-electron chi connectivity index (χ3n) is 11.1. The van der Waals surface area contributed by atoms with E-state index in [4.69, 9.17) is 42.6 Å². The van der Waals surface area contributed by atoms with Gasteiger partial charge in [0.25, 0.3) is 0 Å². The summed E-state index contributed by atoms with van der Waals surface area (Å²) in [6, 6.07) is -3.39. The van der Waals surface area contributed by atoms with Crippen LogP contribution in [-0.4, -0.2) is 275 Å². The van der Waals surface area contributed by atoms with Crippen LogP contribution in [0.2, 0.25) is 0 Å². The van der Waals surface area contributed by atoms with Crippen LogP contribution in [-0.2, 0) is 52.2 Å². The topological polar surface area (TPSA) is 445 Å². The summed E-state index contributed by atoms with van der Waals surface area (Å²) in [6.07, 6.45) is -42.9. The van der Waals surface area contributed by atoms with E-state index in [1.165, 1.54) is 0 Å². The van der Waals surface area contributed by atoms with Crippen molar-refractivity contribution in [2.45, 2.75) is 167 Å². The Kier molecular flexibility index (Phi) is 18.1. The molecule has 5 rings (SSSR count). The zero-order valence-electron chi connectivity index (χ0n) is 33.2. The zero-order valence-corrected chi connectivity index (χ0v) is 33.2. The van der Waals surface area contributed by atoms with Crippen LogP contribution in [0.15, 0.2) is 0 Å². The number of hydrogen-bond donors (Lipinski definition) is 17. The van der Waals surface area contributed by atoms with Gasteiger partial charge >= 0.3 is 0 Å². The predicted octanol–water partition coefficient (Wildman–Crippen LogP) is -11.6. The molecule has 0 bridgehead atoms.